The number of primary amides is 1. The van der Waals surface area contributed by atoms with E-state index in [-0.39, 0.29) is 57.7 Å². The zero-order valence-electron chi connectivity index (χ0n) is 35.3. The number of aldehydes is 1. The van der Waals surface area contributed by atoms with E-state index in [9.17, 15) is 33.6 Å². The molecule has 0 fully saturated rings. The number of nitrogens with one attached hydrogen (secondary N) is 4. The van der Waals surface area contributed by atoms with Gasteiger partial charge < -0.3 is 46.5 Å². The molecule has 0 aliphatic heterocycles. The predicted octanol–water partition coefficient (Wildman–Crippen LogP) is 6.36. The highest BCUT2D eigenvalue weighted by atomic mass is 32.1. The number of carbonyl (C=O) groups is 7. The van der Waals surface area contributed by atoms with Crippen molar-refractivity contribution >= 4 is 61.3 Å². The number of urea groups is 1. The molecule has 7 N–H and O–H groups in total. The minimum absolute atomic E-state index is 0. The molecule has 15 nitrogen and oxygen atoms in total. The number of carboxylic acid groups (broad SMARTS) is 1. The Hall–Kier alpha value is -4.78. The summed E-state index contributed by atoms with van der Waals surface area (Å²) in [7, 11) is 1.68. The van der Waals surface area contributed by atoms with Crippen LogP contribution in [0.2, 0.25) is 0 Å². The summed E-state index contributed by atoms with van der Waals surface area (Å²) >= 11 is 0. The summed E-state index contributed by atoms with van der Waals surface area (Å²) in [6.45, 7) is 20.6. The summed E-state index contributed by atoms with van der Waals surface area (Å²) < 4.78 is 4.45. The molecule has 1 aromatic carbocycles. The molecule has 16 heteroatoms. The Morgan fingerprint density at radius 3 is 1.84 bits per heavy atom. The number of ether oxygens (including phenoxy) is 1. The second-order valence-corrected chi connectivity index (χ2v) is 10.1. The molecule has 0 saturated carbocycles. The molecule has 320 valence electrons. The molecule has 0 radical (unpaired) electrons. The molecule has 0 unspecified atom stereocenters. The molecule has 0 aliphatic rings. The van der Waals surface area contributed by atoms with Gasteiger partial charge in [0, 0.05) is 45.1 Å². The summed E-state index contributed by atoms with van der Waals surface area (Å²) in [5.41, 5.74) is 5.81. The number of amides is 6. The minimum Gasteiger partial charge on any atom is -0.450 e. The fourth-order valence-electron chi connectivity index (χ4n) is 3.29. The van der Waals surface area contributed by atoms with E-state index in [0.717, 1.165) is 19.3 Å². The molecule has 55 heavy (non-hydrogen) atoms. The molecule has 1 rings (SSSR count). The van der Waals surface area contributed by atoms with Gasteiger partial charge in [0.15, 0.2) is 0 Å². The van der Waals surface area contributed by atoms with Gasteiger partial charge in [-0.05, 0) is 43.9 Å². The van der Waals surface area contributed by atoms with Gasteiger partial charge in [-0.15, -0.1) is 12.8 Å². The van der Waals surface area contributed by atoms with E-state index in [4.69, 9.17) is 10.8 Å². The van der Waals surface area contributed by atoms with Gasteiger partial charge in [-0.2, -0.15) is 13.5 Å². The third-order valence-electron chi connectivity index (χ3n) is 5.64. The van der Waals surface area contributed by atoms with Crippen molar-refractivity contribution in [3.05, 3.63) is 29.8 Å². The van der Waals surface area contributed by atoms with Crippen LogP contribution >= 0.6 is 13.5 Å². The Morgan fingerprint density at radius 1 is 0.873 bits per heavy atom. The zero-order chi connectivity index (χ0) is 43.3. The number of benzene rings is 1. The van der Waals surface area contributed by atoms with Crippen LogP contribution in [0.5, 0.6) is 0 Å². The van der Waals surface area contributed by atoms with Crippen molar-refractivity contribution in [3.63, 3.8) is 0 Å². The minimum atomic E-state index is -1.38. The van der Waals surface area contributed by atoms with E-state index in [1.165, 1.54) is 13.3 Å². The Balaban J connectivity index is -0.000000205. The number of rotatable bonds is 18. The average molecular weight is 803 g/mol. The Morgan fingerprint density at radius 2 is 1.40 bits per heavy atom. The van der Waals surface area contributed by atoms with Crippen molar-refractivity contribution in [1.82, 2.24) is 20.9 Å². The first-order chi connectivity index (χ1) is 25.8. The first-order valence-corrected chi connectivity index (χ1v) is 18.7. The molecule has 1 atom stereocenters. The van der Waals surface area contributed by atoms with Gasteiger partial charge >= 0.3 is 12.2 Å². The van der Waals surface area contributed by atoms with Crippen molar-refractivity contribution in [2.24, 2.45) is 5.73 Å². The van der Waals surface area contributed by atoms with Crippen molar-refractivity contribution < 1.29 is 43.4 Å². The first-order valence-electron chi connectivity index (χ1n) is 18.7. The topological polar surface area (TPSA) is 226 Å². The van der Waals surface area contributed by atoms with Crippen LogP contribution in [-0.4, -0.2) is 84.8 Å². The van der Waals surface area contributed by atoms with Crippen LogP contribution in [0.4, 0.5) is 15.3 Å². The molecule has 0 bridgehead atoms. The van der Waals surface area contributed by atoms with Crippen LogP contribution in [0.1, 0.15) is 126 Å². The van der Waals surface area contributed by atoms with E-state index in [1.54, 1.807) is 36.2 Å². The molecule has 0 spiro atoms. The highest BCUT2D eigenvalue weighted by Gasteiger charge is 2.16. The normalized spacial score (nSPS) is 8.96. The molecule has 0 aromatic heterocycles. The van der Waals surface area contributed by atoms with Crippen molar-refractivity contribution in [2.45, 2.75) is 133 Å². The number of carbonyl (C=O) groups excluding carboxylic acids is 6. The van der Waals surface area contributed by atoms with E-state index >= 15 is 0 Å². The highest BCUT2D eigenvalue weighted by molar-refractivity contribution is 7.59. The van der Waals surface area contributed by atoms with Crippen LogP contribution in [0.3, 0.4) is 0 Å². The standard InChI is InChI=1S/C24H34N4O8.C4H10N2O.C3H8.3C2H6.C2H2.H2S/c1-17(26-20(30)7-4-3-5-13-28(2)22(32)8-6-14-29)23(33)25-15-21(31)27-19-11-9-18(10-12-19)16-36-24(34)35;1-2-3-6-4(5)7;1-3-2;4*1-2;/h9-12,14,17H,3-8,13,15-16H2,1-2H3,(H,25,33)(H,26,30)(H,27,31)(H,34,35);2-3H2,1H3,(H3,5,6,7);3H2,1-2H3;3*1-2H3;1-2H;1H2/t17-;;;;;;;/m0......./s1. The fraction of sp³-hybridized carbons (Fsp3) is 0.615. The van der Waals surface area contributed by atoms with Crippen LogP contribution in [0.25, 0.3) is 0 Å². The van der Waals surface area contributed by atoms with E-state index in [0.29, 0.717) is 37.0 Å². The lowest BCUT2D eigenvalue weighted by Crippen LogP contribution is -2.46. The molecule has 0 aliphatic carbocycles. The summed E-state index contributed by atoms with van der Waals surface area (Å²) in [5, 5.41) is 18.6. The smallest absolute Gasteiger partial charge is 0.450 e. The number of nitrogens with two attached hydrogens (primary N) is 1. The number of hydrogen-bond donors (Lipinski definition) is 6. The monoisotopic (exact) mass is 803 g/mol. The predicted molar refractivity (Wildman–Crippen MR) is 228 cm³/mol. The Labute approximate surface area is 338 Å². The van der Waals surface area contributed by atoms with Crippen molar-refractivity contribution in [1.29, 1.82) is 0 Å². The number of unbranched alkanes of at least 4 members (excludes halogenated alkanes) is 2. The molecular weight excluding hydrogens is 729 g/mol. The number of anilines is 1. The maximum Gasteiger partial charge on any atom is 0.506 e. The third kappa shape index (κ3) is 49.2. The molecule has 6 amide bonds. The van der Waals surface area contributed by atoms with Gasteiger partial charge in [-0.1, -0.05) is 87.3 Å². The second kappa shape index (κ2) is 51.3. The van der Waals surface area contributed by atoms with Crippen LogP contribution in [0, 0.1) is 12.8 Å². The SMILES string of the molecule is C#C.CC.CC.CC.CCC.CCCNC(N)=O.C[C@H](NC(=O)CCCCCN(C)C(=O)CCC=O)C(=O)NCC(=O)Nc1ccc(COC(=O)O)cc1.S. The maximum atomic E-state index is 12.2. The van der Waals surface area contributed by atoms with Gasteiger partial charge in [0.1, 0.15) is 18.9 Å². The van der Waals surface area contributed by atoms with Crippen molar-refractivity contribution in [2.75, 3.05) is 32.0 Å². The Kier molecular flexibility index (Phi) is 60.8. The third-order valence-corrected chi connectivity index (χ3v) is 5.64. The lowest BCUT2D eigenvalue weighted by molar-refractivity contribution is -0.131. The fourth-order valence-corrected chi connectivity index (χ4v) is 3.29. The Bertz CT molecular complexity index is 1120. The summed E-state index contributed by atoms with van der Waals surface area (Å²) in [6.07, 6.45) is 12.2. The van der Waals surface area contributed by atoms with E-state index in [1.807, 2.05) is 48.5 Å². The first kappa shape index (κ1) is 65.1. The van der Waals surface area contributed by atoms with Crippen LogP contribution in [-0.2, 0) is 35.3 Å². The van der Waals surface area contributed by atoms with Gasteiger partial charge in [-0.3, -0.25) is 19.2 Å². The summed E-state index contributed by atoms with van der Waals surface area (Å²) in [5.74, 6) is -1.35. The van der Waals surface area contributed by atoms with Gasteiger partial charge in [0.05, 0.1) is 6.54 Å². The van der Waals surface area contributed by atoms with Gasteiger partial charge in [0.2, 0.25) is 23.6 Å². The second-order valence-electron chi connectivity index (χ2n) is 10.1. The molecule has 1 aromatic rings. The molecular formula is C39H74N6O9S. The average Bonchev–Trinajstić information content (AvgIpc) is 3.18. The van der Waals surface area contributed by atoms with Crippen LogP contribution < -0.4 is 27.0 Å². The molecule has 0 saturated heterocycles. The quantitative estimate of drug-likeness (QED) is 0.0420. The maximum absolute atomic E-state index is 12.2. The molecule has 0 heterocycles. The summed E-state index contributed by atoms with van der Waals surface area (Å²) in [6, 6.07) is 5.09. The number of nitrogens with zero attached hydrogens (tertiary/aromatic N) is 1. The lowest BCUT2D eigenvalue weighted by atomic mass is 10.1. The highest BCUT2D eigenvalue weighted by Crippen LogP contribution is 2.10. The van der Waals surface area contributed by atoms with E-state index in [2.05, 4.69) is 52.7 Å². The lowest BCUT2D eigenvalue weighted by Gasteiger charge is -2.16. The zero-order valence-corrected chi connectivity index (χ0v) is 36.3. The number of terminal acetylenes is 1. The van der Waals surface area contributed by atoms with Gasteiger partial charge in [0.25, 0.3) is 0 Å². The van der Waals surface area contributed by atoms with E-state index < -0.39 is 30.0 Å². The van der Waals surface area contributed by atoms with Crippen LogP contribution in [0.15, 0.2) is 24.3 Å². The van der Waals surface area contributed by atoms with Gasteiger partial charge in [-0.25, -0.2) is 9.59 Å². The number of hydrogen-bond acceptors (Lipinski definition) is 8. The van der Waals surface area contributed by atoms with Crippen molar-refractivity contribution in [3.8, 4) is 12.8 Å². The largest absolute Gasteiger partial charge is 0.506 e. The summed E-state index contributed by atoms with van der Waals surface area (Å²) in [4.78, 5) is 80.2.